The highest BCUT2D eigenvalue weighted by Gasteiger charge is 2.62. The van der Waals surface area contributed by atoms with E-state index in [1.807, 2.05) is 0 Å². The van der Waals surface area contributed by atoms with Crippen LogP contribution in [0.15, 0.2) is 60.7 Å². The minimum Gasteiger partial charge on any atom is -0.508 e. The molecule has 7 N–H and O–H groups in total. The third kappa shape index (κ3) is 3.45. The number of phenolic OH excluding ortho intramolecular Hbond substituents is 6. The van der Waals surface area contributed by atoms with E-state index in [9.17, 15) is 40.5 Å². The lowest BCUT2D eigenvalue weighted by Crippen LogP contribution is -2.47. The molecule has 0 amide bonds. The van der Waals surface area contributed by atoms with E-state index in [1.54, 1.807) is 0 Å². The van der Waals surface area contributed by atoms with E-state index in [-0.39, 0.29) is 63.4 Å². The molecule has 2 unspecified atom stereocenters. The van der Waals surface area contributed by atoms with Crippen LogP contribution in [0.25, 0.3) is 0 Å². The van der Waals surface area contributed by atoms with E-state index in [4.69, 9.17) is 14.2 Å². The van der Waals surface area contributed by atoms with Crippen LogP contribution in [0.5, 0.6) is 51.7 Å². The highest BCUT2D eigenvalue weighted by molar-refractivity contribution is 6.08. The summed E-state index contributed by atoms with van der Waals surface area (Å²) in [5.74, 6) is -5.86. The number of phenols is 6. The van der Waals surface area contributed by atoms with Crippen molar-refractivity contribution in [1.82, 2.24) is 0 Å². The third-order valence-electron chi connectivity index (χ3n) is 7.73. The maximum absolute atomic E-state index is 14.2. The summed E-state index contributed by atoms with van der Waals surface area (Å²) in [4.78, 5) is 14.2. The lowest BCUT2D eigenvalue weighted by molar-refractivity contribution is -0.121. The number of fused-ring (bicyclic) bond motifs is 6. The number of benzene rings is 4. The number of hydrogen-bond donors (Lipinski definition) is 7. The molecule has 0 bridgehead atoms. The number of aromatic hydroxyl groups is 6. The van der Waals surface area contributed by atoms with Crippen LogP contribution in [-0.2, 0) is 12.2 Å². The van der Waals surface area contributed by atoms with Crippen LogP contribution < -0.4 is 14.2 Å². The molecule has 0 aliphatic carbocycles. The van der Waals surface area contributed by atoms with Crippen molar-refractivity contribution in [2.24, 2.45) is 0 Å². The van der Waals surface area contributed by atoms with Crippen LogP contribution in [0.2, 0.25) is 0 Å². The Balaban J connectivity index is 1.45. The Morgan fingerprint density at radius 3 is 2.20 bits per heavy atom. The van der Waals surface area contributed by atoms with Gasteiger partial charge in [0.1, 0.15) is 57.8 Å². The Hall–Kier alpha value is -5.29. The van der Waals surface area contributed by atoms with Gasteiger partial charge in [0.2, 0.25) is 0 Å². The molecule has 0 radical (unpaired) electrons. The minimum absolute atomic E-state index is 0.0351. The minimum atomic E-state index is -1.90. The Bertz CT molecular complexity index is 1760. The largest absolute Gasteiger partial charge is 0.508 e. The number of ether oxygens (including phenoxy) is 3. The summed E-state index contributed by atoms with van der Waals surface area (Å²) in [6.45, 7) is 0. The van der Waals surface area contributed by atoms with E-state index in [0.717, 1.165) is 6.07 Å². The van der Waals surface area contributed by atoms with Gasteiger partial charge < -0.3 is 50.0 Å². The summed E-state index contributed by atoms with van der Waals surface area (Å²) in [5, 5.41) is 72.4. The summed E-state index contributed by atoms with van der Waals surface area (Å²) in [5.41, 5.74) is 0.825. The number of aliphatic hydroxyl groups excluding tert-OH is 1. The van der Waals surface area contributed by atoms with Gasteiger partial charge in [0.05, 0.1) is 11.7 Å². The second-order valence-electron chi connectivity index (χ2n) is 10.2. The number of carbonyl (C=O) groups excluding carboxylic acids is 1. The zero-order valence-corrected chi connectivity index (χ0v) is 21.0. The summed E-state index contributed by atoms with van der Waals surface area (Å²) in [7, 11) is 0. The predicted octanol–water partition coefficient (Wildman–Crippen LogP) is 3.56. The number of carbonyl (C=O) groups is 1. The molecule has 0 spiro atoms. The molecule has 3 aliphatic heterocycles. The lowest BCUT2D eigenvalue weighted by atomic mass is 9.78. The quantitative estimate of drug-likeness (QED) is 0.178. The summed E-state index contributed by atoms with van der Waals surface area (Å²) < 4.78 is 18.9. The van der Waals surface area contributed by atoms with E-state index in [2.05, 4.69) is 0 Å². The fourth-order valence-electron chi connectivity index (χ4n) is 5.90. The van der Waals surface area contributed by atoms with E-state index in [1.165, 1.54) is 54.6 Å². The normalized spacial score (nSPS) is 23.7. The molecule has 0 saturated heterocycles. The smallest absolute Gasteiger partial charge is 0.292 e. The van der Waals surface area contributed by atoms with Gasteiger partial charge in [-0.1, -0.05) is 6.07 Å². The molecular weight excluding hydrogens is 536 g/mol. The number of Topliss-reactive ketones (excluding diaryl/α,β-unsaturated/α-hetero) is 1. The van der Waals surface area contributed by atoms with Gasteiger partial charge in [0, 0.05) is 35.7 Å². The van der Waals surface area contributed by atoms with Crippen LogP contribution in [0, 0.1) is 0 Å². The molecule has 0 saturated carbocycles. The number of aliphatic hydroxyl groups is 1. The molecule has 41 heavy (non-hydrogen) atoms. The van der Waals surface area contributed by atoms with Crippen molar-refractivity contribution in [3.63, 3.8) is 0 Å². The van der Waals surface area contributed by atoms with Crippen LogP contribution in [0.1, 0.15) is 44.6 Å². The van der Waals surface area contributed by atoms with Crippen molar-refractivity contribution >= 4 is 5.78 Å². The van der Waals surface area contributed by atoms with Gasteiger partial charge in [0.25, 0.3) is 5.79 Å². The molecule has 208 valence electrons. The highest BCUT2D eigenvalue weighted by Crippen LogP contribution is 2.62. The van der Waals surface area contributed by atoms with Crippen molar-refractivity contribution in [3.8, 4) is 51.7 Å². The van der Waals surface area contributed by atoms with Crippen LogP contribution in [0.3, 0.4) is 0 Å². The van der Waals surface area contributed by atoms with Gasteiger partial charge in [-0.3, -0.25) is 4.79 Å². The van der Waals surface area contributed by atoms with Crippen molar-refractivity contribution < 1.29 is 54.8 Å². The molecule has 3 heterocycles. The van der Waals surface area contributed by atoms with Crippen LogP contribution in [-0.4, -0.2) is 47.6 Å². The Kier molecular flexibility index (Phi) is 5.04. The SMILES string of the molecule is O=C1c2c(O)cc(O)cc2OC2(c3ccc(O)cc3)Oc3cc(O)c4c(c3C12)O[C@@H](c1ccc(O)c(O)c1)[C@H](O)C4. The molecular formula is C30H22O11. The molecule has 3 aliphatic rings. The fourth-order valence-corrected chi connectivity index (χ4v) is 5.90. The third-order valence-corrected chi connectivity index (χ3v) is 7.73. The van der Waals surface area contributed by atoms with E-state index < -0.39 is 41.2 Å². The lowest BCUT2D eigenvalue weighted by Gasteiger charge is -2.39. The van der Waals surface area contributed by atoms with Crippen molar-refractivity contribution in [2.45, 2.75) is 30.3 Å². The Morgan fingerprint density at radius 1 is 0.732 bits per heavy atom. The number of ketones is 1. The van der Waals surface area contributed by atoms with Gasteiger partial charge in [-0.05, 0) is 42.0 Å². The molecule has 4 aromatic rings. The van der Waals surface area contributed by atoms with E-state index >= 15 is 0 Å². The molecule has 0 aromatic heterocycles. The molecule has 11 heteroatoms. The first-order valence-corrected chi connectivity index (χ1v) is 12.6. The summed E-state index contributed by atoms with van der Waals surface area (Å²) in [6.07, 6.45) is -2.34. The summed E-state index contributed by atoms with van der Waals surface area (Å²) >= 11 is 0. The first kappa shape index (κ1) is 24.7. The molecule has 7 rings (SSSR count). The monoisotopic (exact) mass is 558 g/mol. The molecule has 0 fully saturated rings. The average molecular weight is 558 g/mol. The number of rotatable bonds is 2. The van der Waals surface area contributed by atoms with Gasteiger partial charge in [0.15, 0.2) is 17.3 Å². The topological polar surface area (TPSA) is 186 Å². The molecule has 4 aromatic carbocycles. The van der Waals surface area contributed by atoms with Gasteiger partial charge in [-0.15, -0.1) is 0 Å². The number of hydrogen-bond acceptors (Lipinski definition) is 11. The zero-order valence-electron chi connectivity index (χ0n) is 21.0. The first-order chi connectivity index (χ1) is 19.6. The molecule has 11 nitrogen and oxygen atoms in total. The van der Waals surface area contributed by atoms with Crippen LogP contribution >= 0.6 is 0 Å². The van der Waals surface area contributed by atoms with Crippen LogP contribution in [0.4, 0.5) is 0 Å². The first-order valence-electron chi connectivity index (χ1n) is 12.6. The average Bonchev–Trinajstić information content (AvgIpc) is 3.25. The zero-order chi connectivity index (χ0) is 28.8. The second kappa shape index (κ2) is 8.35. The van der Waals surface area contributed by atoms with E-state index in [0.29, 0.717) is 11.1 Å². The van der Waals surface area contributed by atoms with Crippen molar-refractivity contribution in [1.29, 1.82) is 0 Å². The maximum atomic E-state index is 14.2. The predicted molar refractivity (Wildman–Crippen MR) is 139 cm³/mol. The van der Waals surface area contributed by atoms with Gasteiger partial charge in [-0.25, -0.2) is 0 Å². The standard InChI is InChI=1S/C30H22O11/c31-14-4-2-13(3-5-14)30-26(27(38)24-20(36)8-15(32)9-22(24)40-30)25-23(41-30)11-18(34)16-10-21(37)28(39-29(16)25)12-1-6-17(33)19(35)7-12/h1-9,11,21,26,28,31-37H,10H2/t21-,26?,28+,30?/m1/s1. The maximum Gasteiger partial charge on any atom is 0.292 e. The van der Waals surface area contributed by atoms with Gasteiger partial charge in [-0.2, -0.15) is 0 Å². The second-order valence-corrected chi connectivity index (χ2v) is 10.2. The summed E-state index contributed by atoms with van der Waals surface area (Å²) in [6, 6.07) is 13.2. The van der Waals surface area contributed by atoms with Gasteiger partial charge >= 0.3 is 0 Å². The highest BCUT2D eigenvalue weighted by atomic mass is 16.7. The Morgan fingerprint density at radius 2 is 1.46 bits per heavy atom. The molecule has 4 atom stereocenters. The van der Waals surface area contributed by atoms with Crippen molar-refractivity contribution in [2.75, 3.05) is 0 Å². The Labute approximate surface area is 231 Å². The van der Waals surface area contributed by atoms with Crippen molar-refractivity contribution in [3.05, 3.63) is 88.5 Å². The fraction of sp³-hybridized carbons (Fsp3) is 0.167.